The van der Waals surface area contributed by atoms with Crippen LogP contribution in [0.1, 0.15) is 42.6 Å². The van der Waals surface area contributed by atoms with Gasteiger partial charge in [-0.25, -0.2) is 9.78 Å². The van der Waals surface area contributed by atoms with Gasteiger partial charge in [-0.05, 0) is 63.6 Å². The Morgan fingerprint density at radius 3 is 2.88 bits per heavy atom. The fraction of sp³-hybridized carbons (Fsp3) is 0.500. The van der Waals surface area contributed by atoms with E-state index in [0.717, 1.165) is 49.4 Å². The number of piperidine rings is 1. The van der Waals surface area contributed by atoms with E-state index >= 15 is 0 Å². The Bertz CT molecular complexity index is 737. The molecule has 5 nitrogen and oxygen atoms in total. The molecule has 0 unspecified atom stereocenters. The summed E-state index contributed by atoms with van der Waals surface area (Å²) in [6, 6.07) is 6.37. The molecule has 0 bridgehead atoms. The first-order chi connectivity index (χ1) is 12.1. The topological polar surface area (TPSA) is 50.2 Å². The van der Waals surface area contributed by atoms with Gasteiger partial charge >= 0.3 is 6.03 Å². The standard InChI is InChI=1S/C20H28N4O/c1-15-7-6-9-19(16(15)2)22-20(25)24-12-5-4-8-18(24)10-13-23-14-11-21-17(23)3/h6-7,9,11,14,18H,4-5,8,10,12-13H2,1-3H3,(H,22,25)/t18-/m0/s1. The Balaban J connectivity index is 1.66. The molecule has 25 heavy (non-hydrogen) atoms. The van der Waals surface area contributed by atoms with Gasteiger partial charge in [0.2, 0.25) is 0 Å². The molecule has 1 N–H and O–H groups in total. The Labute approximate surface area is 150 Å². The third-order valence-corrected chi connectivity index (χ3v) is 5.36. The summed E-state index contributed by atoms with van der Waals surface area (Å²) in [6.07, 6.45) is 8.17. The molecule has 5 heteroatoms. The number of nitrogens with zero attached hydrogens (tertiary/aromatic N) is 3. The van der Waals surface area contributed by atoms with Gasteiger partial charge in [-0.3, -0.25) is 0 Å². The molecule has 134 valence electrons. The minimum Gasteiger partial charge on any atom is -0.335 e. The van der Waals surface area contributed by atoms with Crippen LogP contribution in [0.5, 0.6) is 0 Å². The third-order valence-electron chi connectivity index (χ3n) is 5.36. The van der Waals surface area contributed by atoms with E-state index in [-0.39, 0.29) is 6.03 Å². The van der Waals surface area contributed by atoms with Crippen molar-refractivity contribution in [3.05, 3.63) is 47.5 Å². The molecule has 0 radical (unpaired) electrons. The molecule has 0 spiro atoms. The summed E-state index contributed by atoms with van der Waals surface area (Å²) < 4.78 is 2.16. The molecule has 0 saturated carbocycles. The lowest BCUT2D eigenvalue weighted by Gasteiger charge is -2.36. The molecule has 1 aromatic carbocycles. The Kier molecular flexibility index (Phi) is 5.41. The van der Waals surface area contributed by atoms with Crippen molar-refractivity contribution in [2.24, 2.45) is 0 Å². The Hall–Kier alpha value is -2.30. The van der Waals surface area contributed by atoms with Gasteiger partial charge in [-0.15, -0.1) is 0 Å². The molecule has 1 aliphatic heterocycles. The Morgan fingerprint density at radius 1 is 1.28 bits per heavy atom. The van der Waals surface area contributed by atoms with E-state index in [2.05, 4.69) is 34.8 Å². The number of hydrogen-bond acceptors (Lipinski definition) is 2. The maximum absolute atomic E-state index is 12.9. The zero-order chi connectivity index (χ0) is 17.8. The molecular weight excluding hydrogens is 312 g/mol. The zero-order valence-electron chi connectivity index (χ0n) is 15.5. The lowest BCUT2D eigenvalue weighted by Crippen LogP contribution is -2.46. The summed E-state index contributed by atoms with van der Waals surface area (Å²) in [4.78, 5) is 19.2. The molecule has 2 heterocycles. The number of amides is 2. The van der Waals surface area contributed by atoms with Crippen molar-refractivity contribution in [2.45, 2.75) is 59.0 Å². The fourth-order valence-corrected chi connectivity index (χ4v) is 3.57. The lowest BCUT2D eigenvalue weighted by atomic mass is 9.99. The number of imidazole rings is 1. The van der Waals surface area contributed by atoms with Gasteiger partial charge in [0.1, 0.15) is 5.82 Å². The van der Waals surface area contributed by atoms with E-state index in [4.69, 9.17) is 0 Å². The third kappa shape index (κ3) is 4.03. The summed E-state index contributed by atoms with van der Waals surface area (Å²) in [7, 11) is 0. The van der Waals surface area contributed by atoms with E-state index in [0.29, 0.717) is 6.04 Å². The minimum atomic E-state index is 0.0285. The molecule has 1 saturated heterocycles. The van der Waals surface area contributed by atoms with Crippen molar-refractivity contribution in [3.8, 4) is 0 Å². The van der Waals surface area contributed by atoms with Gasteiger partial charge in [0.25, 0.3) is 0 Å². The predicted molar refractivity (Wildman–Crippen MR) is 101 cm³/mol. The average Bonchev–Trinajstić information content (AvgIpc) is 3.02. The van der Waals surface area contributed by atoms with Crippen LogP contribution in [0.3, 0.4) is 0 Å². The van der Waals surface area contributed by atoms with Crippen LogP contribution in [0.2, 0.25) is 0 Å². The molecule has 1 aromatic heterocycles. The molecule has 1 fully saturated rings. The van der Waals surface area contributed by atoms with Crippen LogP contribution in [-0.2, 0) is 6.54 Å². The smallest absolute Gasteiger partial charge is 0.322 e. The highest BCUT2D eigenvalue weighted by Crippen LogP contribution is 2.23. The van der Waals surface area contributed by atoms with Crippen LogP contribution >= 0.6 is 0 Å². The highest BCUT2D eigenvalue weighted by Gasteiger charge is 2.27. The second-order valence-corrected chi connectivity index (χ2v) is 6.98. The average molecular weight is 340 g/mol. The number of urea groups is 1. The van der Waals surface area contributed by atoms with Crippen molar-refractivity contribution >= 4 is 11.7 Å². The van der Waals surface area contributed by atoms with Crippen molar-refractivity contribution < 1.29 is 4.79 Å². The first-order valence-corrected chi connectivity index (χ1v) is 9.18. The maximum atomic E-state index is 12.9. The highest BCUT2D eigenvalue weighted by molar-refractivity contribution is 5.90. The summed E-state index contributed by atoms with van der Waals surface area (Å²) in [5.74, 6) is 1.03. The van der Waals surface area contributed by atoms with Crippen molar-refractivity contribution in [1.29, 1.82) is 0 Å². The molecule has 1 aliphatic rings. The molecule has 3 rings (SSSR count). The normalized spacial score (nSPS) is 17.6. The van der Waals surface area contributed by atoms with Gasteiger partial charge in [0, 0.05) is 37.2 Å². The van der Waals surface area contributed by atoms with Crippen LogP contribution in [0.4, 0.5) is 10.5 Å². The lowest BCUT2D eigenvalue weighted by molar-refractivity contribution is 0.155. The second-order valence-electron chi connectivity index (χ2n) is 6.98. The molecule has 1 atom stereocenters. The number of benzene rings is 1. The van der Waals surface area contributed by atoms with Gasteiger partial charge in [-0.2, -0.15) is 0 Å². The molecular formula is C20H28N4O. The largest absolute Gasteiger partial charge is 0.335 e. The van der Waals surface area contributed by atoms with Gasteiger partial charge < -0.3 is 14.8 Å². The van der Waals surface area contributed by atoms with E-state index < -0.39 is 0 Å². The van der Waals surface area contributed by atoms with Gasteiger partial charge in [0.05, 0.1) is 0 Å². The van der Waals surface area contributed by atoms with E-state index in [1.807, 2.05) is 36.4 Å². The number of hydrogen-bond donors (Lipinski definition) is 1. The van der Waals surface area contributed by atoms with E-state index in [9.17, 15) is 4.79 Å². The summed E-state index contributed by atoms with van der Waals surface area (Å²) in [5.41, 5.74) is 3.25. The number of aromatic nitrogens is 2. The first-order valence-electron chi connectivity index (χ1n) is 9.18. The number of likely N-dealkylation sites (tertiary alicyclic amines) is 1. The number of carbonyl (C=O) groups excluding carboxylic acids is 1. The maximum Gasteiger partial charge on any atom is 0.322 e. The molecule has 0 aliphatic carbocycles. The number of aryl methyl sites for hydroxylation is 3. The quantitative estimate of drug-likeness (QED) is 0.903. The molecule has 2 aromatic rings. The Morgan fingerprint density at radius 2 is 2.12 bits per heavy atom. The number of rotatable bonds is 4. The number of carbonyl (C=O) groups is 1. The van der Waals surface area contributed by atoms with Crippen LogP contribution in [0.15, 0.2) is 30.6 Å². The van der Waals surface area contributed by atoms with Crippen molar-refractivity contribution in [2.75, 3.05) is 11.9 Å². The van der Waals surface area contributed by atoms with Gasteiger partial charge in [0.15, 0.2) is 0 Å². The van der Waals surface area contributed by atoms with Crippen LogP contribution in [-0.4, -0.2) is 33.1 Å². The van der Waals surface area contributed by atoms with Crippen LogP contribution < -0.4 is 5.32 Å². The summed E-state index contributed by atoms with van der Waals surface area (Å²) in [6.45, 7) is 7.89. The summed E-state index contributed by atoms with van der Waals surface area (Å²) in [5, 5.41) is 3.12. The van der Waals surface area contributed by atoms with Gasteiger partial charge in [-0.1, -0.05) is 12.1 Å². The fourth-order valence-electron chi connectivity index (χ4n) is 3.57. The second kappa shape index (κ2) is 7.72. The summed E-state index contributed by atoms with van der Waals surface area (Å²) >= 11 is 0. The minimum absolute atomic E-state index is 0.0285. The first kappa shape index (κ1) is 17.5. The molecule has 2 amide bonds. The monoisotopic (exact) mass is 340 g/mol. The number of nitrogens with one attached hydrogen (secondary N) is 1. The zero-order valence-corrected chi connectivity index (χ0v) is 15.5. The number of anilines is 1. The van der Waals surface area contributed by atoms with Crippen LogP contribution in [0, 0.1) is 20.8 Å². The SMILES string of the molecule is Cc1cccc(NC(=O)N2CCCC[C@H]2CCn2ccnc2C)c1C. The predicted octanol–water partition coefficient (Wildman–Crippen LogP) is 4.29. The highest BCUT2D eigenvalue weighted by atomic mass is 16.2. The van der Waals surface area contributed by atoms with E-state index in [1.165, 1.54) is 12.0 Å². The van der Waals surface area contributed by atoms with Crippen molar-refractivity contribution in [3.63, 3.8) is 0 Å². The van der Waals surface area contributed by atoms with Crippen molar-refractivity contribution in [1.82, 2.24) is 14.5 Å². The van der Waals surface area contributed by atoms with Crippen LogP contribution in [0.25, 0.3) is 0 Å². The van der Waals surface area contributed by atoms with E-state index in [1.54, 1.807) is 0 Å².